The summed E-state index contributed by atoms with van der Waals surface area (Å²) in [5, 5.41) is 0. The van der Waals surface area contributed by atoms with E-state index in [4.69, 9.17) is 10.5 Å². The summed E-state index contributed by atoms with van der Waals surface area (Å²) in [6, 6.07) is 2.74. The molecule has 0 aliphatic carbocycles. The molecule has 2 N–H and O–H groups in total. The number of ether oxygens (including phenoxy) is 1. The summed E-state index contributed by atoms with van der Waals surface area (Å²) in [5.41, 5.74) is 5.53. The van der Waals surface area contributed by atoms with Crippen molar-refractivity contribution in [3.05, 3.63) is 28.7 Å². The summed E-state index contributed by atoms with van der Waals surface area (Å²) in [4.78, 5) is 36.1. The topological polar surface area (TPSA) is 94.6 Å². The Kier molecular flexibility index (Phi) is 5.31. The van der Waals surface area contributed by atoms with E-state index < -0.39 is 5.97 Å². The summed E-state index contributed by atoms with van der Waals surface area (Å²) in [5.74, 6) is -0.962. The van der Waals surface area contributed by atoms with Crippen molar-refractivity contribution in [2.75, 3.05) is 19.4 Å². The molecule has 7 heteroatoms. The third-order valence-corrected chi connectivity index (χ3v) is 2.83. The number of esters is 1. The monoisotopic (exact) mass is 281 g/mol. The predicted molar refractivity (Wildman–Crippen MR) is 74.0 cm³/mol. The number of nitrogen functional groups attached to an aromatic ring is 1. The van der Waals surface area contributed by atoms with E-state index in [0.29, 0.717) is 5.69 Å². The van der Waals surface area contributed by atoms with Crippen LogP contribution in [-0.2, 0) is 20.9 Å². The van der Waals surface area contributed by atoms with E-state index in [0.717, 1.165) is 4.57 Å². The van der Waals surface area contributed by atoms with Gasteiger partial charge < -0.3 is 19.9 Å². The largest absolute Gasteiger partial charge is 0.454 e. The van der Waals surface area contributed by atoms with Gasteiger partial charge in [-0.3, -0.25) is 14.4 Å². The summed E-state index contributed by atoms with van der Waals surface area (Å²) < 4.78 is 5.98. The molecule has 110 valence electrons. The lowest BCUT2D eigenvalue weighted by atomic mass is 10.3. The summed E-state index contributed by atoms with van der Waals surface area (Å²) in [7, 11) is 1.63. The highest BCUT2D eigenvalue weighted by molar-refractivity contribution is 5.80. The van der Waals surface area contributed by atoms with Gasteiger partial charge in [0.2, 0.25) is 0 Å². The van der Waals surface area contributed by atoms with Crippen LogP contribution in [0.2, 0.25) is 0 Å². The van der Waals surface area contributed by atoms with Crippen molar-refractivity contribution >= 4 is 17.6 Å². The second-order valence-electron chi connectivity index (χ2n) is 4.69. The second kappa shape index (κ2) is 6.74. The Morgan fingerprint density at radius 1 is 1.40 bits per heavy atom. The molecular formula is C13H19N3O4. The number of carbonyl (C=O) groups is 2. The minimum Gasteiger partial charge on any atom is -0.454 e. The summed E-state index contributed by atoms with van der Waals surface area (Å²) >= 11 is 0. The molecule has 0 spiro atoms. The van der Waals surface area contributed by atoms with Crippen LogP contribution in [-0.4, -0.2) is 41.0 Å². The van der Waals surface area contributed by atoms with Gasteiger partial charge in [-0.05, 0) is 19.9 Å². The lowest BCUT2D eigenvalue weighted by Gasteiger charge is -2.21. The van der Waals surface area contributed by atoms with Crippen LogP contribution in [0.25, 0.3) is 0 Å². The lowest BCUT2D eigenvalue weighted by molar-refractivity contribution is -0.152. The van der Waals surface area contributed by atoms with Crippen LogP contribution in [0.4, 0.5) is 5.69 Å². The molecule has 0 aliphatic heterocycles. The Morgan fingerprint density at radius 3 is 2.65 bits per heavy atom. The van der Waals surface area contributed by atoms with Crippen molar-refractivity contribution in [1.29, 1.82) is 0 Å². The molecule has 7 nitrogen and oxygen atoms in total. The van der Waals surface area contributed by atoms with Crippen molar-refractivity contribution < 1.29 is 14.3 Å². The fraction of sp³-hybridized carbons (Fsp3) is 0.462. The third kappa shape index (κ3) is 4.42. The molecule has 1 heterocycles. The van der Waals surface area contributed by atoms with Crippen LogP contribution < -0.4 is 11.3 Å². The maximum atomic E-state index is 11.6. The number of rotatable bonds is 5. The van der Waals surface area contributed by atoms with E-state index in [-0.39, 0.29) is 30.7 Å². The molecule has 1 amide bonds. The Bertz CT molecular complexity index is 551. The molecular weight excluding hydrogens is 262 g/mol. The number of amides is 1. The fourth-order valence-electron chi connectivity index (χ4n) is 1.39. The molecule has 0 radical (unpaired) electrons. The van der Waals surface area contributed by atoms with E-state index in [1.165, 1.54) is 23.2 Å². The van der Waals surface area contributed by atoms with E-state index in [1.54, 1.807) is 7.05 Å². The van der Waals surface area contributed by atoms with Gasteiger partial charge in [-0.25, -0.2) is 0 Å². The Hall–Kier alpha value is -2.31. The number of nitrogens with zero attached hydrogens (tertiary/aromatic N) is 2. The molecule has 0 fully saturated rings. The van der Waals surface area contributed by atoms with Gasteiger partial charge in [-0.2, -0.15) is 0 Å². The number of hydrogen-bond acceptors (Lipinski definition) is 5. The molecule has 0 saturated heterocycles. The maximum absolute atomic E-state index is 11.6. The molecule has 0 unspecified atom stereocenters. The summed E-state index contributed by atoms with van der Waals surface area (Å²) in [6.07, 6.45) is 1.35. The molecule has 0 aromatic carbocycles. The molecule has 1 rings (SSSR count). The first kappa shape index (κ1) is 15.7. The van der Waals surface area contributed by atoms with Crippen LogP contribution in [0.1, 0.15) is 13.8 Å². The average Bonchev–Trinajstić information content (AvgIpc) is 2.39. The van der Waals surface area contributed by atoms with Gasteiger partial charge in [0.1, 0.15) is 6.54 Å². The molecule has 1 aromatic heterocycles. The highest BCUT2D eigenvalue weighted by atomic mass is 16.5. The van der Waals surface area contributed by atoms with Crippen LogP contribution >= 0.6 is 0 Å². The van der Waals surface area contributed by atoms with Crippen molar-refractivity contribution in [3.8, 4) is 0 Å². The standard InChI is InChI=1S/C13H19N3O4/c1-9(2)15(3)12(18)8-20-13(19)7-16-6-10(14)4-5-11(16)17/h4-6,9H,7-8,14H2,1-3H3. The highest BCUT2D eigenvalue weighted by Crippen LogP contribution is 1.98. The van der Waals surface area contributed by atoms with Crippen molar-refractivity contribution in [3.63, 3.8) is 0 Å². The van der Waals surface area contributed by atoms with E-state index in [9.17, 15) is 14.4 Å². The third-order valence-electron chi connectivity index (χ3n) is 2.83. The zero-order valence-corrected chi connectivity index (χ0v) is 11.8. The average molecular weight is 281 g/mol. The zero-order valence-electron chi connectivity index (χ0n) is 11.8. The Morgan fingerprint density at radius 2 is 2.05 bits per heavy atom. The normalized spacial score (nSPS) is 10.4. The van der Waals surface area contributed by atoms with Crippen LogP contribution in [0, 0.1) is 0 Å². The fourth-order valence-corrected chi connectivity index (χ4v) is 1.39. The highest BCUT2D eigenvalue weighted by Gasteiger charge is 2.14. The number of pyridine rings is 1. The van der Waals surface area contributed by atoms with Gasteiger partial charge in [0, 0.05) is 31.0 Å². The quantitative estimate of drug-likeness (QED) is 0.757. The SMILES string of the molecule is CC(C)N(C)C(=O)COC(=O)Cn1cc(N)ccc1=O. The molecule has 1 aromatic rings. The van der Waals surface area contributed by atoms with Crippen LogP contribution in [0.15, 0.2) is 23.1 Å². The zero-order chi connectivity index (χ0) is 15.3. The maximum Gasteiger partial charge on any atom is 0.326 e. The van der Waals surface area contributed by atoms with Crippen molar-refractivity contribution in [2.24, 2.45) is 0 Å². The smallest absolute Gasteiger partial charge is 0.326 e. The van der Waals surface area contributed by atoms with E-state index in [2.05, 4.69) is 0 Å². The van der Waals surface area contributed by atoms with Crippen molar-refractivity contribution in [1.82, 2.24) is 9.47 Å². The van der Waals surface area contributed by atoms with Gasteiger partial charge in [-0.15, -0.1) is 0 Å². The minimum absolute atomic E-state index is 0.0257. The van der Waals surface area contributed by atoms with Gasteiger partial charge in [0.15, 0.2) is 6.61 Å². The first-order valence-corrected chi connectivity index (χ1v) is 6.18. The van der Waals surface area contributed by atoms with Gasteiger partial charge in [0.25, 0.3) is 11.5 Å². The number of anilines is 1. The van der Waals surface area contributed by atoms with Gasteiger partial charge >= 0.3 is 5.97 Å². The van der Waals surface area contributed by atoms with Gasteiger partial charge in [-0.1, -0.05) is 0 Å². The van der Waals surface area contributed by atoms with Crippen molar-refractivity contribution in [2.45, 2.75) is 26.4 Å². The number of nitrogens with two attached hydrogens (primary N) is 1. The lowest BCUT2D eigenvalue weighted by Crippen LogP contribution is -2.36. The molecule has 0 aliphatic rings. The molecule has 0 atom stereocenters. The molecule has 20 heavy (non-hydrogen) atoms. The minimum atomic E-state index is -0.664. The Balaban J connectivity index is 2.54. The number of likely N-dealkylation sites (N-methyl/N-ethyl adjacent to an activating group) is 1. The predicted octanol–water partition coefficient (Wildman–Crippen LogP) is -0.159. The molecule has 0 bridgehead atoms. The summed E-state index contributed by atoms with van der Waals surface area (Å²) in [6.45, 7) is 3.09. The number of carbonyl (C=O) groups excluding carboxylic acids is 2. The number of aromatic nitrogens is 1. The van der Waals surface area contributed by atoms with E-state index in [1.807, 2.05) is 13.8 Å². The van der Waals surface area contributed by atoms with Crippen LogP contribution in [0.5, 0.6) is 0 Å². The number of hydrogen-bond donors (Lipinski definition) is 1. The Labute approximate surface area is 116 Å². The first-order chi connectivity index (χ1) is 9.31. The second-order valence-corrected chi connectivity index (χ2v) is 4.69. The van der Waals surface area contributed by atoms with Crippen LogP contribution in [0.3, 0.4) is 0 Å². The van der Waals surface area contributed by atoms with Gasteiger partial charge in [0.05, 0.1) is 0 Å². The van der Waals surface area contributed by atoms with E-state index >= 15 is 0 Å². The molecule has 0 saturated carbocycles. The first-order valence-electron chi connectivity index (χ1n) is 6.18.